The molecule has 7 N–H and O–H groups in total. The van der Waals surface area contributed by atoms with Crippen molar-refractivity contribution in [2.75, 3.05) is 13.7 Å². The van der Waals surface area contributed by atoms with Crippen LogP contribution in [0.25, 0.3) is 0 Å². The number of carbonyl (C=O) groups is 1. The van der Waals surface area contributed by atoms with E-state index in [9.17, 15) is 54.9 Å². The number of phosphoric acid groups is 1. The third-order valence-electron chi connectivity index (χ3n) is 7.90. The van der Waals surface area contributed by atoms with Crippen LogP contribution in [0.2, 0.25) is 0 Å². The number of hydrogen-bond acceptors (Lipinski definition) is 18. The maximum absolute atomic E-state index is 13.0. The minimum Gasteiger partial charge on any atom is -0.780 e. The smallest absolute Gasteiger partial charge is 0.780 e. The summed E-state index contributed by atoms with van der Waals surface area (Å²) in [5.41, 5.74) is 0.00940. The van der Waals surface area contributed by atoms with Crippen molar-refractivity contribution in [3.8, 4) is 28.7 Å². The van der Waals surface area contributed by atoms with Crippen molar-refractivity contribution < 1.29 is 147 Å². The number of aliphatic hydroxyl groups excluding tert-OH is 6. The van der Waals surface area contributed by atoms with Crippen molar-refractivity contribution >= 4 is 13.6 Å². The van der Waals surface area contributed by atoms with Crippen LogP contribution in [0, 0.1) is 0 Å². The molecule has 3 aliphatic heterocycles. The molecule has 49 heavy (non-hydrogen) atoms. The first-order valence-corrected chi connectivity index (χ1v) is 15.7. The predicted octanol–water partition coefficient (Wildman–Crippen LogP) is -8.65. The molecule has 2 saturated heterocycles. The molecule has 2 fully saturated rings. The number of ether oxygens (including phenoxy) is 6. The molecule has 2 aromatic rings. The van der Waals surface area contributed by atoms with Crippen LogP contribution in [0.1, 0.15) is 35.4 Å². The van der Waals surface area contributed by atoms with Crippen molar-refractivity contribution in [3.63, 3.8) is 0 Å². The molecule has 11 atom stereocenters. The normalized spacial score (nSPS) is 32.9. The second-order valence-corrected chi connectivity index (χ2v) is 12.2. The molecule has 3 heterocycles. The van der Waals surface area contributed by atoms with Crippen LogP contribution in [-0.2, 0) is 18.8 Å². The van der Waals surface area contributed by atoms with Gasteiger partial charge in [-0.3, -0.25) is 4.79 Å². The number of aliphatic hydroxyl groups is 6. The zero-order valence-electron chi connectivity index (χ0n) is 26.7. The fourth-order valence-electron chi connectivity index (χ4n) is 5.38. The van der Waals surface area contributed by atoms with Gasteiger partial charge in [0.1, 0.15) is 79.5 Å². The number of aromatic hydroxyl groups is 1. The largest absolute Gasteiger partial charge is 1.00 e. The number of phenols is 1. The first kappa shape index (κ1) is 42.3. The first-order valence-electron chi connectivity index (χ1n) is 14.2. The molecule has 0 bridgehead atoms. The summed E-state index contributed by atoms with van der Waals surface area (Å²) in [4.78, 5) is 35.4. The Bertz CT molecular complexity index is 1510. The van der Waals surface area contributed by atoms with E-state index in [0.29, 0.717) is 0 Å². The van der Waals surface area contributed by atoms with Gasteiger partial charge in [-0.15, -0.1) is 0 Å². The fraction of sp³-hybridized carbons (Fsp3) is 0.536. The van der Waals surface area contributed by atoms with E-state index >= 15 is 0 Å². The Hall–Kier alpha value is -1.10. The van der Waals surface area contributed by atoms with Gasteiger partial charge < -0.3 is 83.0 Å². The summed E-state index contributed by atoms with van der Waals surface area (Å²) >= 11 is 0. The van der Waals surface area contributed by atoms with Gasteiger partial charge in [0.2, 0.25) is 6.29 Å². The van der Waals surface area contributed by atoms with Crippen molar-refractivity contribution in [2.45, 2.75) is 80.9 Å². The number of hydrogen-bond donors (Lipinski definition) is 7. The van der Waals surface area contributed by atoms with Crippen LogP contribution < -0.4 is 87.6 Å². The minimum absolute atomic E-state index is 0. The third kappa shape index (κ3) is 9.47. The zero-order valence-corrected chi connectivity index (χ0v) is 31.6. The van der Waals surface area contributed by atoms with Gasteiger partial charge in [0.05, 0.1) is 26.2 Å². The summed E-state index contributed by atoms with van der Waals surface area (Å²) in [6.07, 6.45) is -16.8. The Labute approximate surface area is 323 Å². The molecule has 1 unspecified atom stereocenters. The number of rotatable bonds is 9. The molecule has 0 aliphatic carbocycles. The van der Waals surface area contributed by atoms with Gasteiger partial charge in [-0.2, -0.15) is 0 Å². The molecule has 2 aromatic carbocycles. The average molecular weight is 735 g/mol. The Morgan fingerprint density at radius 3 is 2.18 bits per heavy atom. The summed E-state index contributed by atoms with van der Waals surface area (Å²) in [7, 11) is -4.25. The predicted molar refractivity (Wildman–Crippen MR) is 147 cm³/mol. The average Bonchev–Trinajstić information content (AvgIpc) is 3.00. The Kier molecular flexibility index (Phi) is 14.8. The van der Waals surface area contributed by atoms with Gasteiger partial charge in [0.25, 0.3) is 0 Å². The molecule has 0 saturated carbocycles. The summed E-state index contributed by atoms with van der Waals surface area (Å²) in [5, 5.41) is 72.3. The number of ketones is 1. The molecule has 0 amide bonds. The maximum atomic E-state index is 13.0. The number of phosphoric ester groups is 1. The monoisotopic (exact) mass is 734 g/mol. The van der Waals surface area contributed by atoms with E-state index in [-0.39, 0.29) is 93.9 Å². The maximum Gasteiger partial charge on any atom is 1.00 e. The topological polar surface area (TPSA) is 286 Å². The van der Waals surface area contributed by atoms with Crippen molar-refractivity contribution in [1.29, 1.82) is 0 Å². The molecule has 21 heteroatoms. The van der Waals surface area contributed by atoms with Crippen LogP contribution in [0.15, 0.2) is 30.3 Å². The second kappa shape index (κ2) is 17.2. The summed E-state index contributed by atoms with van der Waals surface area (Å²) < 4.78 is 48.7. The van der Waals surface area contributed by atoms with Crippen molar-refractivity contribution in [2.24, 2.45) is 0 Å². The minimum atomic E-state index is -5.47. The molecule has 0 spiro atoms. The molecular weight excluding hydrogens is 701 g/mol. The number of carbonyl (C=O) groups excluding carboxylic acids is 1. The van der Waals surface area contributed by atoms with Crippen LogP contribution in [0.4, 0.5) is 0 Å². The van der Waals surface area contributed by atoms with Crippen molar-refractivity contribution in [3.05, 3.63) is 41.5 Å². The van der Waals surface area contributed by atoms with Crippen LogP contribution in [0.5, 0.6) is 28.7 Å². The number of Topliss-reactive ketones (excluding diaryl/α,β-unsaturated/α-hetero) is 1. The van der Waals surface area contributed by atoms with E-state index in [1.54, 1.807) is 0 Å². The molecule has 3 aliphatic rings. The summed E-state index contributed by atoms with van der Waals surface area (Å²) in [6.45, 7) is 0.892. The molecule has 0 aromatic heterocycles. The van der Waals surface area contributed by atoms with Gasteiger partial charge >= 0.3 is 59.1 Å². The third-order valence-corrected chi connectivity index (χ3v) is 8.32. The van der Waals surface area contributed by atoms with E-state index in [1.807, 2.05) is 0 Å². The van der Waals surface area contributed by atoms with Crippen LogP contribution in [0.3, 0.4) is 0 Å². The number of fused-ring (bicyclic) bond motifs is 1. The molecule has 260 valence electrons. The standard InChI is InChI=1S/C28H35O18P.2Na/c1-10-21(31)23(33)25(35)27(42-10)41-9-19-22(32)24(34)26(36)28(45-19)43-12-6-13(29)20-14(30)8-16(44-18(20)7-12)11-3-4-15(40-2)17(5-11)46-47(37,38)39;;/h3-7,10,16,19,21-29,31-36H,8-9H2,1-2H3,(H2,37,38,39);;/q;2*+1/p-2/t10-,16?,19+,21-,22+,23+,24-,25+,26+,27+,28+;;/m0../s1. The number of methoxy groups -OCH3 is 1. The fourth-order valence-corrected chi connectivity index (χ4v) is 5.76. The second-order valence-electron chi connectivity index (χ2n) is 11.1. The Balaban J connectivity index is 0.00000325. The molecule has 18 nitrogen and oxygen atoms in total. The summed E-state index contributed by atoms with van der Waals surface area (Å²) in [6, 6.07) is 6.10. The van der Waals surface area contributed by atoms with Crippen LogP contribution in [-0.4, -0.2) is 117 Å². The Morgan fingerprint density at radius 1 is 0.878 bits per heavy atom. The van der Waals surface area contributed by atoms with E-state index in [2.05, 4.69) is 4.52 Å². The molecule has 0 radical (unpaired) electrons. The van der Waals surface area contributed by atoms with Gasteiger partial charge in [0.15, 0.2) is 23.6 Å². The zero-order chi connectivity index (χ0) is 34.4. The van der Waals surface area contributed by atoms with E-state index in [0.717, 1.165) is 12.1 Å². The summed E-state index contributed by atoms with van der Waals surface area (Å²) in [5.74, 6) is -2.04. The van der Waals surface area contributed by atoms with Gasteiger partial charge in [-0.1, -0.05) is 6.07 Å². The van der Waals surface area contributed by atoms with E-state index < -0.39 is 99.2 Å². The quantitative estimate of drug-likeness (QED) is 0.0930. The van der Waals surface area contributed by atoms with E-state index in [4.69, 9.17) is 28.4 Å². The Morgan fingerprint density at radius 2 is 1.53 bits per heavy atom. The van der Waals surface area contributed by atoms with Gasteiger partial charge in [0, 0.05) is 12.1 Å². The van der Waals surface area contributed by atoms with E-state index in [1.165, 1.54) is 32.2 Å². The molecular formula is C28H33Na2O18P. The van der Waals surface area contributed by atoms with Gasteiger partial charge in [-0.25, -0.2) is 0 Å². The van der Waals surface area contributed by atoms with Crippen molar-refractivity contribution in [1.82, 2.24) is 0 Å². The first-order chi connectivity index (χ1) is 22.1. The van der Waals surface area contributed by atoms with Gasteiger partial charge in [-0.05, 0) is 24.6 Å². The molecule has 5 rings (SSSR count). The SMILES string of the molecule is COc1ccc(C2CC(=O)c3c(O)cc(O[C@@H]4O[C@H](CO[C@@H]5O[C@@H](C)[C@H](O)[C@@H](O)[C@H]5O)[C@@H](O)[C@H](O)[C@H]4O)cc3O2)cc1OP(=O)([O-])[O-].[Na+].[Na+]. The van der Waals surface area contributed by atoms with Crippen LogP contribution >= 0.6 is 7.82 Å². The number of benzene rings is 2. The number of phenolic OH excluding ortho intramolecular Hbond substituents is 1.